The number of hydrogen-bond acceptors (Lipinski definition) is 11. The third kappa shape index (κ3) is 5.97. The van der Waals surface area contributed by atoms with Gasteiger partial charge in [0.25, 0.3) is 15.8 Å². The minimum absolute atomic E-state index is 0. The number of nitrogens with zero attached hydrogens (tertiary/aromatic N) is 3. The molecule has 0 amide bonds. The second kappa shape index (κ2) is 11.5. The summed E-state index contributed by atoms with van der Waals surface area (Å²) in [6.45, 7) is 0. The second-order valence-corrected chi connectivity index (χ2v) is 7.45. The molecule has 0 bridgehead atoms. The summed E-state index contributed by atoms with van der Waals surface area (Å²) in [5.41, 5.74) is 4.78. The van der Waals surface area contributed by atoms with Crippen LogP contribution in [-0.2, 0) is 27.5 Å². The van der Waals surface area contributed by atoms with E-state index in [0.717, 1.165) is 30.4 Å². The average Bonchev–Trinajstić information content (AvgIpc) is 2.67. The Labute approximate surface area is 223 Å². The van der Waals surface area contributed by atoms with Crippen LogP contribution < -0.4 is 40.7 Å². The number of allylic oxidation sites excluding steroid dienone is 1. The first-order valence-corrected chi connectivity index (χ1v) is 9.48. The van der Waals surface area contributed by atoms with Crippen LogP contribution in [-0.4, -0.2) is 44.9 Å². The minimum atomic E-state index is -4.66. The Kier molecular flexibility index (Phi) is 10.5. The number of nitrogens with one attached hydrogen (secondary N) is 1. The number of fused-ring (bicyclic) bond motifs is 1. The van der Waals surface area contributed by atoms with Gasteiger partial charge >= 0.3 is 35.2 Å². The van der Waals surface area contributed by atoms with Crippen LogP contribution in [0, 0.1) is 20.2 Å². The van der Waals surface area contributed by atoms with Crippen molar-refractivity contribution in [2.24, 2.45) is 5.10 Å². The van der Waals surface area contributed by atoms with Gasteiger partial charge < -0.3 is 16.3 Å². The number of rotatable bonds is 5. The molecule has 2 aromatic rings. The first-order valence-electron chi connectivity index (χ1n) is 8.04. The second-order valence-electron chi connectivity index (χ2n) is 6.06. The van der Waals surface area contributed by atoms with Gasteiger partial charge in [-0.3, -0.25) is 35.0 Å². The molecule has 0 atom stereocenters. The van der Waals surface area contributed by atoms with E-state index in [4.69, 9.17) is 5.73 Å². The molecule has 0 saturated carbocycles. The van der Waals surface area contributed by atoms with Gasteiger partial charge in [-0.25, -0.2) is 0 Å². The van der Waals surface area contributed by atoms with Crippen molar-refractivity contribution in [3.8, 4) is 5.75 Å². The van der Waals surface area contributed by atoms with Gasteiger partial charge in [0.05, 0.1) is 21.5 Å². The number of hydrogen-bond donors (Lipinski definition) is 4. The summed E-state index contributed by atoms with van der Waals surface area (Å²) in [5.74, 6) is -1.83. The molecular weight excluding hydrogens is 529 g/mol. The van der Waals surface area contributed by atoms with Gasteiger partial charge in [-0.2, -0.15) is 13.5 Å². The van der Waals surface area contributed by atoms with Crippen LogP contribution in [0.2, 0.25) is 0 Å². The molecule has 0 saturated heterocycles. The van der Waals surface area contributed by atoms with E-state index in [1.807, 2.05) is 0 Å². The van der Waals surface area contributed by atoms with Crippen molar-refractivity contribution >= 4 is 50.4 Å². The van der Waals surface area contributed by atoms with E-state index in [-0.39, 0.29) is 74.9 Å². The summed E-state index contributed by atoms with van der Waals surface area (Å²) in [4.78, 5) is 32.2. The molecule has 15 nitrogen and oxygen atoms in total. The third-order valence-corrected chi connectivity index (χ3v) is 5.07. The van der Waals surface area contributed by atoms with Gasteiger partial charge in [-0.1, -0.05) is 6.08 Å². The van der Waals surface area contributed by atoms with Crippen molar-refractivity contribution in [3.63, 3.8) is 0 Å². The molecule has 18 heteroatoms. The van der Waals surface area contributed by atoms with Gasteiger partial charge in [-0.05, 0) is 18.2 Å². The van der Waals surface area contributed by atoms with E-state index >= 15 is 0 Å². The molecule has 0 fully saturated rings. The Morgan fingerprint density at radius 3 is 2.24 bits per heavy atom. The smallest absolute Gasteiger partial charge is 0.501 e. The fourth-order valence-corrected chi connectivity index (χ4v) is 3.46. The number of phenolic OH excluding ortho intramolecular Hbond substituents is 1. The number of aromatic hydroxyl groups is 1. The number of ketones is 1. The van der Waals surface area contributed by atoms with E-state index in [2.05, 4.69) is 10.5 Å². The van der Waals surface area contributed by atoms with E-state index in [0.29, 0.717) is 6.07 Å². The molecule has 174 valence electrons. The summed E-state index contributed by atoms with van der Waals surface area (Å²) in [6, 6.07) is 3.43. The number of hydrazone groups is 1. The molecule has 1 aliphatic carbocycles. The van der Waals surface area contributed by atoms with Crippen molar-refractivity contribution < 1.29 is 85.1 Å². The number of anilines is 2. The Hall–Kier alpha value is -2.88. The van der Waals surface area contributed by atoms with Crippen molar-refractivity contribution in [1.29, 1.82) is 0 Å². The molecule has 1 aliphatic rings. The molecule has 0 heterocycles. The van der Waals surface area contributed by atoms with Crippen LogP contribution in [0.1, 0.15) is 15.9 Å². The van der Waals surface area contributed by atoms with Gasteiger partial charge in [0.15, 0.2) is 0 Å². The predicted molar refractivity (Wildman–Crippen MR) is 110 cm³/mol. The molecular formula is C16H13CrN5NaO10S+. The zero-order valence-corrected chi connectivity index (χ0v) is 21.0. The van der Waals surface area contributed by atoms with E-state index in [9.17, 15) is 43.1 Å². The monoisotopic (exact) mass is 542 g/mol. The van der Waals surface area contributed by atoms with Crippen LogP contribution in [0.25, 0.3) is 6.08 Å². The van der Waals surface area contributed by atoms with Crippen molar-refractivity contribution in [1.82, 2.24) is 0 Å². The van der Waals surface area contributed by atoms with E-state index in [1.165, 1.54) is 0 Å². The number of Topliss-reactive ketones (excluding diaryl/α,β-unsaturated/α-hetero) is 1. The number of nitrogen functional groups attached to an aromatic ring is 1. The Morgan fingerprint density at radius 1 is 1.09 bits per heavy atom. The van der Waals surface area contributed by atoms with Gasteiger partial charge in [0.2, 0.25) is 11.5 Å². The molecule has 0 unspecified atom stereocenters. The number of nitrogens with two attached hydrogens (primary N) is 1. The van der Waals surface area contributed by atoms with E-state index in [1.54, 1.807) is 0 Å². The number of nitro benzene ring substituents is 2. The van der Waals surface area contributed by atoms with E-state index < -0.39 is 53.5 Å². The first-order chi connectivity index (χ1) is 14.4. The number of benzene rings is 2. The summed E-state index contributed by atoms with van der Waals surface area (Å²) < 4.78 is 32.3. The SMILES string of the molecule is Nc1ccc(S(=O)(=O)O)c2c1C(=O)/C(=N\Nc1cc([N+](=O)[O-])cc([N+](=O)[O-])c1O)C=C2.O.[Cr].[Na+]. The number of non-ortho nitro benzene ring substituents is 1. The largest absolute Gasteiger partial charge is 1.00 e. The number of carbonyl (C=O) groups excluding carboxylic acids is 1. The Morgan fingerprint density at radius 2 is 1.71 bits per heavy atom. The van der Waals surface area contributed by atoms with Crippen LogP contribution in [0.3, 0.4) is 0 Å². The van der Waals surface area contributed by atoms with Gasteiger partial charge in [0.1, 0.15) is 16.3 Å². The molecule has 2 aromatic carbocycles. The Bertz CT molecular complexity index is 1350. The van der Waals surface area contributed by atoms with Crippen molar-refractivity contribution in [2.75, 3.05) is 11.2 Å². The molecule has 3 rings (SSSR count). The molecule has 0 aliphatic heterocycles. The molecule has 0 radical (unpaired) electrons. The van der Waals surface area contributed by atoms with Gasteiger partial charge in [0, 0.05) is 34.7 Å². The topological polar surface area (TPSA) is 260 Å². The number of nitro groups is 2. The van der Waals surface area contributed by atoms with Crippen molar-refractivity contribution in [2.45, 2.75) is 4.90 Å². The summed E-state index contributed by atoms with van der Waals surface area (Å²) in [5, 5.41) is 35.6. The molecule has 34 heavy (non-hydrogen) atoms. The molecule has 0 spiro atoms. The van der Waals surface area contributed by atoms with Crippen LogP contribution in [0.4, 0.5) is 22.7 Å². The van der Waals surface area contributed by atoms with Crippen LogP contribution >= 0.6 is 0 Å². The molecule has 0 aromatic heterocycles. The average molecular weight is 542 g/mol. The fraction of sp³-hybridized carbons (Fsp3) is 0. The van der Waals surface area contributed by atoms with Crippen LogP contribution in [0.15, 0.2) is 40.3 Å². The zero-order chi connectivity index (χ0) is 23.1. The predicted octanol–water partition coefficient (Wildman–Crippen LogP) is -2.11. The standard InChI is InChI=1S/C16H11N5O9S.Cr.Na.H2O/c17-9-2-4-13(31(28,29)30)8-1-3-10(16(23)14(8)9)18-19-11-5-7(20(24)25)6-12(15(11)22)21(26)27;;;/h1-6,19,22H,17H2,(H,28,29,30);;;1H2/q;;+1;/b18-10-;;;. The Balaban J connectivity index is 0.00000363. The quantitative estimate of drug-likeness (QED) is 0.0793. The zero-order valence-electron chi connectivity index (χ0n) is 17.0. The normalized spacial score (nSPS) is 13.1. The maximum absolute atomic E-state index is 12.7. The summed E-state index contributed by atoms with van der Waals surface area (Å²) in [6.07, 6.45) is 2.21. The first kappa shape index (κ1) is 31.1. The molecule has 7 N–H and O–H groups in total. The third-order valence-electron chi connectivity index (χ3n) is 4.16. The number of phenols is 1. The maximum Gasteiger partial charge on any atom is 1.00 e. The minimum Gasteiger partial charge on any atom is -0.501 e. The fourth-order valence-electron chi connectivity index (χ4n) is 2.77. The maximum atomic E-state index is 12.7. The van der Waals surface area contributed by atoms with Crippen LogP contribution in [0.5, 0.6) is 5.75 Å². The summed E-state index contributed by atoms with van der Waals surface area (Å²) in [7, 11) is -4.66. The van der Waals surface area contributed by atoms with Gasteiger partial charge in [-0.15, -0.1) is 0 Å². The van der Waals surface area contributed by atoms with Crippen molar-refractivity contribution in [3.05, 3.63) is 61.7 Å². The number of carbonyl (C=O) groups is 1. The summed E-state index contributed by atoms with van der Waals surface area (Å²) >= 11 is 0.